The van der Waals surface area contributed by atoms with Gasteiger partial charge in [0, 0.05) is 17.0 Å². The van der Waals surface area contributed by atoms with Crippen molar-refractivity contribution in [1.29, 1.82) is 0 Å². The maximum Gasteiger partial charge on any atom is 0.344 e. The van der Waals surface area contributed by atoms with Gasteiger partial charge in [0.25, 0.3) is 0 Å². The first kappa shape index (κ1) is 18.3. The van der Waals surface area contributed by atoms with Crippen molar-refractivity contribution in [2.45, 2.75) is 6.92 Å². The molecule has 0 aliphatic carbocycles. The SMILES string of the molecule is C=C/C=C\C(=C/C)c1c(-c2ccc(O)cc2)c2ccc(OC)cc2oc1=O. The van der Waals surface area contributed by atoms with Gasteiger partial charge < -0.3 is 14.3 Å². The van der Waals surface area contributed by atoms with Gasteiger partial charge in [0.1, 0.15) is 17.1 Å². The largest absolute Gasteiger partial charge is 0.508 e. The number of fused-ring (bicyclic) bond motifs is 1. The molecule has 0 amide bonds. The number of hydrogen-bond acceptors (Lipinski definition) is 4. The van der Waals surface area contributed by atoms with Gasteiger partial charge in [-0.25, -0.2) is 4.79 Å². The Morgan fingerprint density at radius 3 is 2.56 bits per heavy atom. The van der Waals surface area contributed by atoms with Gasteiger partial charge in [0.05, 0.1) is 12.7 Å². The van der Waals surface area contributed by atoms with Crippen LogP contribution < -0.4 is 10.4 Å². The van der Waals surface area contributed by atoms with Gasteiger partial charge in [-0.2, -0.15) is 0 Å². The van der Waals surface area contributed by atoms with E-state index in [9.17, 15) is 9.90 Å². The van der Waals surface area contributed by atoms with Crippen molar-refractivity contribution in [2.24, 2.45) is 0 Å². The van der Waals surface area contributed by atoms with Crippen LogP contribution in [0.15, 0.2) is 82.6 Å². The maximum atomic E-state index is 12.9. The van der Waals surface area contributed by atoms with E-state index in [0.29, 0.717) is 16.9 Å². The van der Waals surface area contributed by atoms with E-state index in [-0.39, 0.29) is 5.75 Å². The Kier molecular flexibility index (Phi) is 5.27. The molecule has 136 valence electrons. The average Bonchev–Trinajstić information content (AvgIpc) is 2.68. The summed E-state index contributed by atoms with van der Waals surface area (Å²) >= 11 is 0. The summed E-state index contributed by atoms with van der Waals surface area (Å²) in [4.78, 5) is 12.9. The molecular formula is C23H20O4. The number of ether oxygens (including phenoxy) is 1. The van der Waals surface area contributed by atoms with E-state index in [2.05, 4.69) is 6.58 Å². The summed E-state index contributed by atoms with van der Waals surface area (Å²) in [5.41, 5.74) is 2.72. The third-order valence-corrected chi connectivity index (χ3v) is 4.28. The summed E-state index contributed by atoms with van der Waals surface area (Å²) < 4.78 is 10.8. The number of benzene rings is 2. The lowest BCUT2D eigenvalue weighted by molar-refractivity contribution is 0.414. The van der Waals surface area contributed by atoms with Gasteiger partial charge in [0.15, 0.2) is 0 Å². The maximum absolute atomic E-state index is 12.9. The molecular weight excluding hydrogens is 340 g/mol. The quantitative estimate of drug-likeness (QED) is 0.494. The van der Waals surface area contributed by atoms with Crippen molar-refractivity contribution in [1.82, 2.24) is 0 Å². The second-order valence-corrected chi connectivity index (χ2v) is 5.89. The van der Waals surface area contributed by atoms with Crippen molar-refractivity contribution < 1.29 is 14.3 Å². The number of phenols is 1. The molecule has 0 spiro atoms. The Labute approximate surface area is 157 Å². The molecule has 0 unspecified atom stereocenters. The van der Waals surface area contributed by atoms with Crippen molar-refractivity contribution >= 4 is 16.5 Å². The third kappa shape index (κ3) is 3.55. The van der Waals surface area contributed by atoms with E-state index in [1.807, 2.05) is 31.2 Å². The zero-order valence-corrected chi connectivity index (χ0v) is 15.2. The molecule has 1 N–H and O–H groups in total. The van der Waals surface area contributed by atoms with E-state index in [1.54, 1.807) is 49.6 Å². The predicted molar refractivity (Wildman–Crippen MR) is 109 cm³/mol. The molecule has 4 nitrogen and oxygen atoms in total. The minimum atomic E-state index is -0.444. The second kappa shape index (κ2) is 7.79. The van der Waals surface area contributed by atoms with Crippen LogP contribution in [0.4, 0.5) is 0 Å². The lowest BCUT2D eigenvalue weighted by Gasteiger charge is -2.13. The monoisotopic (exact) mass is 360 g/mol. The fourth-order valence-electron chi connectivity index (χ4n) is 2.99. The van der Waals surface area contributed by atoms with Crippen LogP contribution in [-0.4, -0.2) is 12.2 Å². The first-order valence-corrected chi connectivity index (χ1v) is 8.49. The lowest BCUT2D eigenvalue weighted by atomic mass is 9.92. The molecule has 4 heteroatoms. The molecule has 27 heavy (non-hydrogen) atoms. The molecule has 0 aliphatic rings. The van der Waals surface area contributed by atoms with Crippen LogP contribution in [0.1, 0.15) is 12.5 Å². The van der Waals surface area contributed by atoms with Gasteiger partial charge in [0.2, 0.25) is 0 Å². The minimum Gasteiger partial charge on any atom is -0.508 e. The van der Waals surface area contributed by atoms with E-state index < -0.39 is 5.63 Å². The van der Waals surface area contributed by atoms with Crippen LogP contribution in [0.3, 0.4) is 0 Å². The topological polar surface area (TPSA) is 59.7 Å². The molecule has 0 fully saturated rings. The summed E-state index contributed by atoms with van der Waals surface area (Å²) in [6, 6.07) is 12.1. The Morgan fingerprint density at radius 1 is 1.19 bits per heavy atom. The molecule has 0 radical (unpaired) electrons. The normalized spacial score (nSPS) is 11.9. The summed E-state index contributed by atoms with van der Waals surface area (Å²) in [7, 11) is 1.56. The van der Waals surface area contributed by atoms with Crippen LogP contribution in [0.25, 0.3) is 27.7 Å². The standard InChI is InChI=1S/C23H20O4/c1-4-6-7-15(5-2)22-21(16-8-10-17(24)11-9-16)19-13-12-18(26-3)14-20(19)27-23(22)25/h4-14,24H,1H2,2-3H3/b7-6-,15-5+. The molecule has 1 heterocycles. The smallest absolute Gasteiger partial charge is 0.344 e. The molecule has 0 saturated carbocycles. The highest BCUT2D eigenvalue weighted by Gasteiger charge is 2.18. The molecule has 2 aromatic carbocycles. The predicted octanol–water partition coefficient (Wildman–Crippen LogP) is 5.32. The van der Waals surface area contributed by atoms with Crippen molar-refractivity contribution in [2.75, 3.05) is 7.11 Å². The highest BCUT2D eigenvalue weighted by atomic mass is 16.5. The van der Waals surface area contributed by atoms with Crippen molar-refractivity contribution in [3.8, 4) is 22.6 Å². The van der Waals surface area contributed by atoms with Gasteiger partial charge >= 0.3 is 5.63 Å². The summed E-state index contributed by atoms with van der Waals surface area (Å²) in [5, 5.41) is 10.4. The highest BCUT2D eigenvalue weighted by Crippen LogP contribution is 2.36. The fourth-order valence-corrected chi connectivity index (χ4v) is 2.99. The molecule has 0 bridgehead atoms. The number of allylic oxidation sites excluding steroid dienone is 5. The number of phenolic OH excluding ortho intramolecular Hbond substituents is 1. The zero-order chi connectivity index (χ0) is 19.4. The van der Waals surface area contributed by atoms with Crippen LogP contribution in [0.2, 0.25) is 0 Å². The molecule has 0 saturated heterocycles. The Bertz CT molecular complexity index is 1100. The summed E-state index contributed by atoms with van der Waals surface area (Å²) in [5.74, 6) is 0.764. The number of rotatable bonds is 5. The fraction of sp³-hybridized carbons (Fsp3) is 0.0870. The number of aromatic hydroxyl groups is 1. The molecule has 0 aliphatic heterocycles. The Balaban J connectivity index is 2.43. The number of hydrogen-bond donors (Lipinski definition) is 1. The van der Waals surface area contributed by atoms with E-state index >= 15 is 0 Å². The van der Waals surface area contributed by atoms with Gasteiger partial charge in [-0.3, -0.25) is 0 Å². The van der Waals surface area contributed by atoms with Crippen molar-refractivity contribution in [3.63, 3.8) is 0 Å². The van der Waals surface area contributed by atoms with E-state index in [0.717, 1.165) is 22.1 Å². The Morgan fingerprint density at radius 2 is 1.93 bits per heavy atom. The number of methoxy groups -OCH3 is 1. The van der Waals surface area contributed by atoms with Gasteiger partial charge in [-0.15, -0.1) is 0 Å². The second-order valence-electron chi connectivity index (χ2n) is 5.89. The van der Waals surface area contributed by atoms with Crippen LogP contribution in [0.5, 0.6) is 11.5 Å². The molecule has 1 aromatic heterocycles. The van der Waals surface area contributed by atoms with Crippen LogP contribution in [-0.2, 0) is 0 Å². The minimum absolute atomic E-state index is 0.159. The van der Waals surface area contributed by atoms with E-state index in [1.165, 1.54) is 0 Å². The first-order chi connectivity index (χ1) is 13.1. The first-order valence-electron chi connectivity index (χ1n) is 8.49. The van der Waals surface area contributed by atoms with Crippen molar-refractivity contribution in [3.05, 3.63) is 89.3 Å². The highest BCUT2D eigenvalue weighted by molar-refractivity contribution is 6.00. The molecule has 3 rings (SSSR count). The van der Waals surface area contributed by atoms with Crippen LogP contribution >= 0.6 is 0 Å². The average molecular weight is 360 g/mol. The Hall–Kier alpha value is -3.53. The summed E-state index contributed by atoms with van der Waals surface area (Å²) in [6.45, 7) is 5.55. The third-order valence-electron chi connectivity index (χ3n) is 4.28. The van der Waals surface area contributed by atoms with Gasteiger partial charge in [-0.05, 0) is 42.3 Å². The molecule has 3 aromatic rings. The lowest BCUT2D eigenvalue weighted by Crippen LogP contribution is -2.09. The van der Waals surface area contributed by atoms with E-state index in [4.69, 9.17) is 9.15 Å². The zero-order valence-electron chi connectivity index (χ0n) is 15.2. The van der Waals surface area contributed by atoms with Crippen LogP contribution in [0, 0.1) is 0 Å². The molecule has 0 atom stereocenters. The van der Waals surface area contributed by atoms with Gasteiger partial charge in [-0.1, -0.05) is 43.0 Å². The summed E-state index contributed by atoms with van der Waals surface area (Å²) in [6.07, 6.45) is 7.09.